The molecule has 1 aromatic heterocycles. The van der Waals surface area contributed by atoms with Crippen molar-refractivity contribution in [2.24, 2.45) is 0 Å². The number of carboxylic acid groups (broad SMARTS) is 1. The lowest BCUT2D eigenvalue weighted by Crippen LogP contribution is -2.38. The zero-order chi connectivity index (χ0) is 15.8. The van der Waals surface area contributed by atoms with E-state index in [-0.39, 0.29) is 19.0 Å². The summed E-state index contributed by atoms with van der Waals surface area (Å²) in [4.78, 5) is 21.8. The van der Waals surface area contributed by atoms with Crippen LogP contribution in [0.4, 0.5) is 4.79 Å². The van der Waals surface area contributed by atoms with E-state index in [0.717, 1.165) is 24.4 Å². The summed E-state index contributed by atoms with van der Waals surface area (Å²) >= 11 is 0. The Morgan fingerprint density at radius 3 is 2.57 bits per heavy atom. The summed E-state index contributed by atoms with van der Waals surface area (Å²) in [6.45, 7) is 5.23. The van der Waals surface area contributed by atoms with Gasteiger partial charge in [-0.2, -0.15) is 5.10 Å². The van der Waals surface area contributed by atoms with Gasteiger partial charge in [0.2, 0.25) is 0 Å². The largest absolute Gasteiger partial charge is 0.479 e. The average molecular weight is 298 g/mol. The van der Waals surface area contributed by atoms with E-state index in [1.54, 1.807) is 0 Å². The Bertz CT molecular complexity index is 487. The molecule has 0 aliphatic carbocycles. The zero-order valence-electron chi connectivity index (χ0n) is 12.3. The van der Waals surface area contributed by atoms with E-state index >= 15 is 0 Å². The molecule has 8 heteroatoms. The van der Waals surface area contributed by atoms with E-state index in [0.29, 0.717) is 6.54 Å². The van der Waals surface area contributed by atoms with Gasteiger partial charge in [-0.3, -0.25) is 4.68 Å². The van der Waals surface area contributed by atoms with Crippen molar-refractivity contribution in [3.8, 4) is 0 Å². The van der Waals surface area contributed by atoms with Crippen LogP contribution in [-0.4, -0.2) is 51.2 Å². The van der Waals surface area contributed by atoms with Gasteiger partial charge in [-0.05, 0) is 26.3 Å². The second-order valence-corrected chi connectivity index (χ2v) is 4.83. The van der Waals surface area contributed by atoms with Crippen molar-refractivity contribution >= 4 is 12.0 Å². The number of hydrogen-bond donors (Lipinski definition) is 4. The molecule has 1 aromatic rings. The molecule has 1 heterocycles. The summed E-state index contributed by atoms with van der Waals surface area (Å²) < 4.78 is 1.89. The van der Waals surface area contributed by atoms with E-state index in [4.69, 9.17) is 10.2 Å². The first kappa shape index (κ1) is 17.0. The molecule has 0 aromatic carbocycles. The van der Waals surface area contributed by atoms with Crippen molar-refractivity contribution in [3.63, 3.8) is 0 Å². The number of urea groups is 1. The highest BCUT2D eigenvalue weighted by Crippen LogP contribution is 2.02. The van der Waals surface area contributed by atoms with Crippen LogP contribution in [-0.2, 0) is 11.3 Å². The van der Waals surface area contributed by atoms with Crippen molar-refractivity contribution in [2.75, 3.05) is 13.1 Å². The molecule has 0 fully saturated rings. The number of carbonyl (C=O) groups is 2. The fourth-order valence-corrected chi connectivity index (χ4v) is 1.84. The number of nitrogens with one attached hydrogen (secondary N) is 2. The molecule has 0 bridgehead atoms. The second-order valence-electron chi connectivity index (χ2n) is 4.83. The Morgan fingerprint density at radius 2 is 2.00 bits per heavy atom. The topological polar surface area (TPSA) is 116 Å². The van der Waals surface area contributed by atoms with Gasteiger partial charge in [0.15, 0.2) is 6.10 Å². The number of aryl methyl sites for hydroxylation is 3. The molecular weight excluding hydrogens is 276 g/mol. The molecule has 0 saturated heterocycles. The lowest BCUT2D eigenvalue weighted by Gasteiger charge is -2.09. The zero-order valence-corrected chi connectivity index (χ0v) is 12.3. The third-order valence-corrected chi connectivity index (χ3v) is 2.92. The van der Waals surface area contributed by atoms with Gasteiger partial charge in [-0.1, -0.05) is 0 Å². The predicted octanol–water partition coefficient (Wildman–Crippen LogP) is 0.0248. The fraction of sp³-hybridized carbons (Fsp3) is 0.615. The highest BCUT2D eigenvalue weighted by atomic mass is 16.4. The highest BCUT2D eigenvalue weighted by molar-refractivity contribution is 5.74. The Morgan fingerprint density at radius 1 is 1.33 bits per heavy atom. The third kappa shape index (κ3) is 6.26. The summed E-state index contributed by atoms with van der Waals surface area (Å²) in [6, 6.07) is 1.62. The molecule has 0 aliphatic heterocycles. The van der Waals surface area contributed by atoms with Crippen molar-refractivity contribution in [1.29, 1.82) is 0 Å². The maximum absolute atomic E-state index is 11.4. The monoisotopic (exact) mass is 298 g/mol. The molecule has 2 amide bonds. The molecule has 0 aliphatic rings. The first-order chi connectivity index (χ1) is 9.90. The number of nitrogens with zero attached hydrogens (tertiary/aromatic N) is 2. The number of amides is 2. The van der Waals surface area contributed by atoms with Gasteiger partial charge in [0.1, 0.15) is 0 Å². The maximum Gasteiger partial charge on any atom is 0.332 e. The summed E-state index contributed by atoms with van der Waals surface area (Å²) in [5.41, 5.74) is 2.05. The minimum atomic E-state index is -1.45. The number of aliphatic hydroxyl groups is 1. The summed E-state index contributed by atoms with van der Waals surface area (Å²) in [5, 5.41) is 27.0. The van der Waals surface area contributed by atoms with Crippen molar-refractivity contribution < 1.29 is 19.8 Å². The molecule has 1 rings (SSSR count). The van der Waals surface area contributed by atoms with Crippen molar-refractivity contribution in [2.45, 2.75) is 39.3 Å². The highest BCUT2D eigenvalue weighted by Gasteiger charge is 2.12. The van der Waals surface area contributed by atoms with E-state index in [1.165, 1.54) is 0 Å². The van der Waals surface area contributed by atoms with Crippen LogP contribution < -0.4 is 10.6 Å². The van der Waals surface area contributed by atoms with E-state index in [9.17, 15) is 9.59 Å². The number of rotatable bonds is 8. The average Bonchev–Trinajstić information content (AvgIpc) is 2.72. The summed E-state index contributed by atoms with van der Waals surface area (Å²) in [5.74, 6) is -1.29. The van der Waals surface area contributed by atoms with E-state index in [2.05, 4.69) is 15.7 Å². The number of carbonyl (C=O) groups excluding carboxylic acids is 1. The van der Waals surface area contributed by atoms with Gasteiger partial charge in [0.25, 0.3) is 0 Å². The molecule has 1 atom stereocenters. The quantitative estimate of drug-likeness (QED) is 0.505. The van der Waals surface area contributed by atoms with Gasteiger partial charge in [-0.25, -0.2) is 9.59 Å². The van der Waals surface area contributed by atoms with Crippen LogP contribution in [0.1, 0.15) is 24.2 Å². The molecule has 0 spiro atoms. The van der Waals surface area contributed by atoms with Gasteiger partial charge in [0, 0.05) is 31.7 Å². The van der Waals surface area contributed by atoms with Crippen LogP contribution in [0.5, 0.6) is 0 Å². The Hall–Kier alpha value is -2.09. The molecule has 1 unspecified atom stereocenters. The fourth-order valence-electron chi connectivity index (χ4n) is 1.84. The van der Waals surface area contributed by atoms with Crippen molar-refractivity contribution in [1.82, 2.24) is 20.4 Å². The number of aliphatic carboxylic acids is 1. The molecule has 8 nitrogen and oxygen atoms in total. The molecular formula is C13H22N4O4. The van der Waals surface area contributed by atoms with Crippen LogP contribution in [0, 0.1) is 13.8 Å². The van der Waals surface area contributed by atoms with Crippen LogP contribution in [0.3, 0.4) is 0 Å². The van der Waals surface area contributed by atoms with E-state index < -0.39 is 12.1 Å². The van der Waals surface area contributed by atoms with E-state index in [1.807, 2.05) is 24.6 Å². The van der Waals surface area contributed by atoms with Crippen LogP contribution in [0.15, 0.2) is 6.07 Å². The normalized spacial score (nSPS) is 12.0. The van der Waals surface area contributed by atoms with Crippen LogP contribution in [0.2, 0.25) is 0 Å². The summed E-state index contributed by atoms with van der Waals surface area (Å²) in [7, 11) is 0. The van der Waals surface area contributed by atoms with Crippen molar-refractivity contribution in [3.05, 3.63) is 17.5 Å². The number of hydrogen-bond acceptors (Lipinski definition) is 4. The second kappa shape index (κ2) is 8.25. The minimum absolute atomic E-state index is 0.0193. The van der Waals surface area contributed by atoms with Gasteiger partial charge < -0.3 is 20.8 Å². The third-order valence-electron chi connectivity index (χ3n) is 2.92. The standard InChI is InChI=1S/C13H22N4O4/c1-9-8-10(2)17(16-9)7-3-5-14-13(21)15-6-4-11(18)12(19)20/h8,11,18H,3-7H2,1-2H3,(H,19,20)(H2,14,15,21). The number of aromatic nitrogens is 2. The van der Waals surface area contributed by atoms with Gasteiger partial charge in [0.05, 0.1) is 5.69 Å². The Kier molecular flexibility index (Phi) is 6.67. The minimum Gasteiger partial charge on any atom is -0.479 e. The number of aliphatic hydroxyl groups excluding tert-OH is 1. The SMILES string of the molecule is Cc1cc(C)n(CCCNC(=O)NCCC(O)C(=O)O)n1. The molecule has 4 N–H and O–H groups in total. The molecule has 0 saturated carbocycles. The Balaban J connectivity index is 2.11. The lowest BCUT2D eigenvalue weighted by molar-refractivity contribution is -0.146. The number of carboxylic acids is 1. The summed E-state index contributed by atoms with van der Waals surface area (Å²) in [6.07, 6.45) is -0.724. The first-order valence-electron chi connectivity index (χ1n) is 6.83. The first-order valence-corrected chi connectivity index (χ1v) is 6.83. The smallest absolute Gasteiger partial charge is 0.332 e. The molecule has 0 radical (unpaired) electrons. The maximum atomic E-state index is 11.4. The van der Waals surface area contributed by atoms with Gasteiger partial charge >= 0.3 is 12.0 Å². The van der Waals surface area contributed by atoms with Gasteiger partial charge in [-0.15, -0.1) is 0 Å². The molecule has 118 valence electrons. The van der Waals surface area contributed by atoms with Crippen LogP contribution in [0.25, 0.3) is 0 Å². The Labute approximate surface area is 123 Å². The molecule has 21 heavy (non-hydrogen) atoms. The van der Waals surface area contributed by atoms with Crippen LogP contribution >= 0.6 is 0 Å². The lowest BCUT2D eigenvalue weighted by atomic mass is 10.2. The predicted molar refractivity (Wildman–Crippen MR) is 76.0 cm³/mol.